The number of benzene rings is 6. The molecule has 0 aliphatic carbocycles. The van der Waals surface area contributed by atoms with E-state index < -0.39 is 0 Å². The SMILES string of the molecule is c1ccc2c(c1)-c1ncccc1[NH+]2c1ccc(-c2ccc(Cc3ccc(-c4ccc(-n5c6ccccc6c6ncccc65)cc4)cc3)cc2)cc1. The molecule has 6 aromatic carbocycles. The van der Waals surface area contributed by atoms with Crippen LogP contribution >= 0.6 is 0 Å². The Morgan fingerprint density at radius 2 is 1.00 bits per heavy atom. The molecular weight excluding hydrogens is 621 g/mol. The van der Waals surface area contributed by atoms with Crippen molar-refractivity contribution in [1.82, 2.24) is 14.5 Å². The van der Waals surface area contributed by atoms with Crippen LogP contribution in [0.5, 0.6) is 0 Å². The van der Waals surface area contributed by atoms with Gasteiger partial charge in [-0.15, -0.1) is 0 Å². The molecule has 1 atom stereocenters. The predicted molar refractivity (Wildman–Crippen MR) is 208 cm³/mol. The summed E-state index contributed by atoms with van der Waals surface area (Å²) in [6.45, 7) is 0. The average Bonchev–Trinajstić information content (AvgIpc) is 3.72. The standard InChI is InChI=1S/C47H32N4/c1-3-9-42-40(7-1)46-44(11-5-29-48-46)50(42)38-25-21-36(22-26-38)34-17-13-32(14-18-34)31-33-15-19-35(20-16-33)37-23-27-39(28-24-37)51-43-10-4-2-8-41(43)47-45(51)12-6-30-49-47/h1-30H,31H2/p+1. The van der Waals surface area contributed by atoms with Gasteiger partial charge >= 0.3 is 0 Å². The lowest BCUT2D eigenvalue weighted by atomic mass is 9.98. The van der Waals surface area contributed by atoms with Gasteiger partial charge in [-0.1, -0.05) is 91.0 Å². The van der Waals surface area contributed by atoms with Crippen LogP contribution in [-0.2, 0) is 6.42 Å². The summed E-state index contributed by atoms with van der Waals surface area (Å²) in [5, 5.41) is 1.17. The number of pyridine rings is 2. The largest absolute Gasteiger partial charge is 0.308 e. The summed E-state index contributed by atoms with van der Waals surface area (Å²) >= 11 is 0. The first-order valence-corrected chi connectivity index (χ1v) is 17.4. The molecule has 4 nitrogen and oxygen atoms in total. The Labute approximate surface area is 296 Å². The number of hydrogen-bond donors (Lipinski definition) is 1. The van der Waals surface area contributed by atoms with E-state index in [1.165, 1.54) is 71.8 Å². The number of para-hydroxylation sites is 2. The van der Waals surface area contributed by atoms with Gasteiger partial charge in [0.1, 0.15) is 11.4 Å². The summed E-state index contributed by atoms with van der Waals surface area (Å²) in [4.78, 5) is 10.6. The fourth-order valence-corrected chi connectivity index (χ4v) is 7.75. The molecule has 240 valence electrons. The molecule has 1 aliphatic heterocycles. The normalized spacial score (nSPS) is 13.4. The molecule has 3 aromatic heterocycles. The highest BCUT2D eigenvalue weighted by Gasteiger charge is 2.33. The van der Waals surface area contributed by atoms with Gasteiger partial charge in [0.2, 0.25) is 0 Å². The Hall–Kier alpha value is -6.62. The van der Waals surface area contributed by atoms with Crippen LogP contribution in [-0.4, -0.2) is 14.5 Å². The Morgan fingerprint density at radius 1 is 0.451 bits per heavy atom. The summed E-state index contributed by atoms with van der Waals surface area (Å²) < 4.78 is 2.30. The summed E-state index contributed by atoms with van der Waals surface area (Å²) in [5.74, 6) is 0. The first-order chi connectivity index (χ1) is 25.3. The average molecular weight is 654 g/mol. The van der Waals surface area contributed by atoms with Crippen LogP contribution in [0.2, 0.25) is 0 Å². The molecule has 0 fully saturated rings. The topological polar surface area (TPSA) is 35.2 Å². The minimum absolute atomic E-state index is 0.894. The summed E-state index contributed by atoms with van der Waals surface area (Å²) in [6.07, 6.45) is 4.64. The second-order valence-electron chi connectivity index (χ2n) is 13.2. The molecule has 10 rings (SSSR count). The van der Waals surface area contributed by atoms with Crippen molar-refractivity contribution < 1.29 is 4.90 Å². The van der Waals surface area contributed by atoms with Crippen LogP contribution in [0.1, 0.15) is 11.1 Å². The van der Waals surface area contributed by atoms with Crippen molar-refractivity contribution >= 4 is 39.0 Å². The molecule has 9 aromatic rings. The molecule has 0 spiro atoms. The van der Waals surface area contributed by atoms with Gasteiger partial charge in [0.15, 0.2) is 11.4 Å². The predicted octanol–water partition coefficient (Wildman–Crippen LogP) is 10.7. The Balaban J connectivity index is 0.840. The molecule has 51 heavy (non-hydrogen) atoms. The Morgan fingerprint density at radius 3 is 1.73 bits per heavy atom. The Kier molecular flexibility index (Phi) is 6.93. The smallest absolute Gasteiger partial charge is 0.168 e. The van der Waals surface area contributed by atoms with E-state index in [1.54, 1.807) is 0 Å². The van der Waals surface area contributed by atoms with Crippen molar-refractivity contribution in [3.05, 3.63) is 193 Å². The van der Waals surface area contributed by atoms with Crippen LogP contribution in [0.15, 0.2) is 182 Å². The zero-order valence-electron chi connectivity index (χ0n) is 27.9. The van der Waals surface area contributed by atoms with Crippen molar-refractivity contribution in [2.75, 3.05) is 0 Å². The lowest BCUT2D eigenvalue weighted by Crippen LogP contribution is -2.95. The molecule has 0 saturated carbocycles. The van der Waals surface area contributed by atoms with Crippen LogP contribution in [0.4, 0.5) is 17.1 Å². The molecule has 4 heterocycles. The van der Waals surface area contributed by atoms with E-state index in [1.807, 2.05) is 24.5 Å². The molecule has 1 aliphatic rings. The maximum atomic E-state index is 4.70. The molecule has 0 radical (unpaired) electrons. The van der Waals surface area contributed by atoms with Gasteiger partial charge in [0, 0.05) is 47.7 Å². The van der Waals surface area contributed by atoms with E-state index in [-0.39, 0.29) is 0 Å². The minimum atomic E-state index is 0.894. The van der Waals surface area contributed by atoms with Crippen LogP contribution < -0.4 is 4.90 Å². The van der Waals surface area contributed by atoms with Gasteiger partial charge in [0.25, 0.3) is 0 Å². The number of rotatable bonds is 6. The molecular formula is C47H33N4+. The van der Waals surface area contributed by atoms with Gasteiger partial charge in [-0.3, -0.25) is 4.98 Å². The number of nitrogens with one attached hydrogen (secondary N) is 1. The van der Waals surface area contributed by atoms with E-state index >= 15 is 0 Å². The molecule has 1 N–H and O–H groups in total. The van der Waals surface area contributed by atoms with E-state index in [2.05, 4.69) is 167 Å². The van der Waals surface area contributed by atoms with Crippen molar-refractivity contribution in [2.24, 2.45) is 0 Å². The van der Waals surface area contributed by atoms with Crippen LogP contribution in [0.25, 0.3) is 61.1 Å². The third kappa shape index (κ3) is 5.04. The second-order valence-corrected chi connectivity index (χ2v) is 13.2. The van der Waals surface area contributed by atoms with Gasteiger partial charge in [0.05, 0.1) is 22.1 Å². The number of aromatic nitrogens is 3. The van der Waals surface area contributed by atoms with Crippen molar-refractivity contribution in [3.8, 4) is 39.2 Å². The lowest BCUT2D eigenvalue weighted by molar-refractivity contribution is -0.677. The highest BCUT2D eigenvalue weighted by molar-refractivity contribution is 6.06. The fraction of sp³-hybridized carbons (Fsp3) is 0.0213. The van der Waals surface area contributed by atoms with E-state index in [4.69, 9.17) is 4.98 Å². The monoisotopic (exact) mass is 653 g/mol. The number of fused-ring (bicyclic) bond motifs is 6. The highest BCUT2D eigenvalue weighted by Crippen LogP contribution is 2.37. The van der Waals surface area contributed by atoms with Crippen molar-refractivity contribution in [3.63, 3.8) is 0 Å². The fourth-order valence-electron chi connectivity index (χ4n) is 7.75. The third-order valence-electron chi connectivity index (χ3n) is 10.2. The Bertz CT molecular complexity index is 2590. The van der Waals surface area contributed by atoms with Crippen LogP contribution in [0, 0.1) is 0 Å². The molecule has 0 bridgehead atoms. The van der Waals surface area contributed by atoms with E-state index in [0.29, 0.717) is 0 Å². The molecule has 0 amide bonds. The first-order valence-electron chi connectivity index (χ1n) is 17.4. The summed E-state index contributed by atoms with van der Waals surface area (Å²) in [6, 6.07) is 61.2. The zero-order chi connectivity index (χ0) is 33.7. The first kappa shape index (κ1) is 29.3. The summed E-state index contributed by atoms with van der Waals surface area (Å²) in [5.41, 5.74) is 17.9. The van der Waals surface area contributed by atoms with Gasteiger partial charge < -0.3 is 4.57 Å². The molecule has 1 unspecified atom stereocenters. The van der Waals surface area contributed by atoms with Gasteiger partial charge in [-0.25, -0.2) is 9.88 Å². The van der Waals surface area contributed by atoms with Gasteiger partial charge in [-0.2, -0.15) is 0 Å². The summed E-state index contributed by atoms with van der Waals surface area (Å²) in [7, 11) is 0. The van der Waals surface area contributed by atoms with Gasteiger partial charge in [-0.05, 0) is 94.4 Å². The number of quaternary nitrogens is 1. The number of nitrogens with zero attached hydrogens (tertiary/aromatic N) is 3. The lowest BCUT2D eigenvalue weighted by Gasteiger charge is -2.14. The third-order valence-corrected chi connectivity index (χ3v) is 10.2. The zero-order valence-corrected chi connectivity index (χ0v) is 27.9. The maximum absolute atomic E-state index is 4.70. The second kappa shape index (κ2) is 12.1. The molecule has 4 heteroatoms. The number of hydrogen-bond acceptors (Lipinski definition) is 2. The van der Waals surface area contributed by atoms with Crippen molar-refractivity contribution in [1.29, 1.82) is 0 Å². The quantitative estimate of drug-likeness (QED) is 0.194. The maximum Gasteiger partial charge on any atom is 0.168 e. The van der Waals surface area contributed by atoms with E-state index in [0.717, 1.165) is 28.8 Å². The minimum Gasteiger partial charge on any atom is -0.308 e. The van der Waals surface area contributed by atoms with E-state index in [9.17, 15) is 0 Å². The van der Waals surface area contributed by atoms with Crippen molar-refractivity contribution in [2.45, 2.75) is 6.42 Å². The van der Waals surface area contributed by atoms with Crippen LogP contribution in [0.3, 0.4) is 0 Å². The highest BCUT2D eigenvalue weighted by atomic mass is 15.2. The molecule has 0 saturated heterocycles.